The Hall–Kier alpha value is -0.350. The summed E-state index contributed by atoms with van der Waals surface area (Å²) in [5, 5.41) is 4.01. The third kappa shape index (κ3) is 3.59. The first-order chi connectivity index (χ1) is 10.2. The molecule has 0 unspecified atom stereocenters. The molecule has 1 N–H and O–H groups in total. The Kier molecular flexibility index (Phi) is 6.51. The first-order valence-electron chi connectivity index (χ1n) is 8.07. The van der Waals surface area contributed by atoms with Crippen molar-refractivity contribution < 1.29 is 4.39 Å². The Morgan fingerprint density at radius 3 is 2.50 bits per heavy atom. The number of nitrogens with zero attached hydrogens (tertiary/aromatic N) is 1. The fourth-order valence-corrected chi connectivity index (χ4v) is 4.16. The molecular weight excluding hydrogens is 322 g/mol. The molecule has 1 aromatic carbocycles. The van der Waals surface area contributed by atoms with Crippen molar-refractivity contribution in [1.29, 1.82) is 0 Å². The second-order valence-electron chi connectivity index (χ2n) is 6.37. The van der Waals surface area contributed by atoms with Crippen LogP contribution in [0.2, 0.25) is 5.02 Å². The smallest absolute Gasteiger partial charge is 0.129 e. The lowest BCUT2D eigenvalue weighted by Crippen LogP contribution is -2.47. The maximum Gasteiger partial charge on any atom is 0.129 e. The van der Waals surface area contributed by atoms with Gasteiger partial charge < -0.3 is 5.32 Å². The first kappa shape index (κ1) is 18.0. The molecule has 0 radical (unpaired) electrons. The average molecular weight is 347 g/mol. The zero-order valence-electron chi connectivity index (χ0n) is 13.1. The molecule has 2 aliphatic rings. The van der Waals surface area contributed by atoms with Gasteiger partial charge in [-0.05, 0) is 37.3 Å². The van der Waals surface area contributed by atoms with Gasteiger partial charge in [0, 0.05) is 37.8 Å². The van der Waals surface area contributed by atoms with Crippen LogP contribution in [-0.4, -0.2) is 31.1 Å². The fraction of sp³-hybridized carbons (Fsp3) is 0.647. The molecule has 1 heterocycles. The SMILES string of the molecule is Cc1ccc(F)c([C@H](C2CCCC2)N2CCNCC2)c1Cl.Cl. The van der Waals surface area contributed by atoms with Crippen molar-refractivity contribution in [1.82, 2.24) is 10.2 Å². The molecule has 22 heavy (non-hydrogen) atoms. The van der Waals surface area contributed by atoms with Crippen LogP contribution in [0.3, 0.4) is 0 Å². The van der Waals surface area contributed by atoms with Crippen molar-refractivity contribution in [2.24, 2.45) is 5.92 Å². The number of nitrogens with one attached hydrogen (secondary N) is 1. The lowest BCUT2D eigenvalue weighted by Gasteiger charge is -2.39. The van der Waals surface area contributed by atoms with Gasteiger partial charge in [0.05, 0.1) is 5.02 Å². The quantitative estimate of drug-likeness (QED) is 0.875. The van der Waals surface area contributed by atoms with Gasteiger partial charge in [0.2, 0.25) is 0 Å². The van der Waals surface area contributed by atoms with Crippen LogP contribution in [0.4, 0.5) is 4.39 Å². The third-order valence-corrected chi connectivity index (χ3v) is 5.51. The zero-order valence-corrected chi connectivity index (χ0v) is 14.7. The maximum absolute atomic E-state index is 14.6. The van der Waals surface area contributed by atoms with Crippen molar-refractivity contribution in [3.63, 3.8) is 0 Å². The average Bonchev–Trinajstić information content (AvgIpc) is 3.02. The maximum atomic E-state index is 14.6. The van der Waals surface area contributed by atoms with E-state index < -0.39 is 0 Å². The van der Waals surface area contributed by atoms with E-state index >= 15 is 0 Å². The zero-order chi connectivity index (χ0) is 14.8. The summed E-state index contributed by atoms with van der Waals surface area (Å²) in [7, 11) is 0. The topological polar surface area (TPSA) is 15.3 Å². The molecule has 1 aliphatic carbocycles. The number of benzene rings is 1. The van der Waals surface area contributed by atoms with Crippen LogP contribution in [0.5, 0.6) is 0 Å². The Labute approximate surface area is 143 Å². The van der Waals surface area contributed by atoms with Crippen molar-refractivity contribution in [3.8, 4) is 0 Å². The minimum atomic E-state index is -0.138. The van der Waals surface area contributed by atoms with E-state index in [4.69, 9.17) is 11.6 Å². The molecule has 1 saturated heterocycles. The molecule has 0 aromatic heterocycles. The third-order valence-electron chi connectivity index (χ3n) is 5.01. The van der Waals surface area contributed by atoms with E-state index in [-0.39, 0.29) is 24.3 Å². The van der Waals surface area contributed by atoms with Crippen LogP contribution in [0.1, 0.15) is 42.9 Å². The monoisotopic (exact) mass is 346 g/mol. The second-order valence-corrected chi connectivity index (χ2v) is 6.75. The molecule has 1 saturated carbocycles. The summed E-state index contributed by atoms with van der Waals surface area (Å²) >= 11 is 6.51. The van der Waals surface area contributed by atoms with Gasteiger partial charge in [-0.2, -0.15) is 0 Å². The van der Waals surface area contributed by atoms with E-state index in [1.165, 1.54) is 25.7 Å². The van der Waals surface area contributed by atoms with Crippen LogP contribution < -0.4 is 5.32 Å². The molecule has 0 amide bonds. The second kappa shape index (κ2) is 7.96. The molecular formula is C17H25Cl2FN2. The molecule has 3 rings (SSSR count). The fourth-order valence-electron chi connectivity index (χ4n) is 3.90. The van der Waals surface area contributed by atoms with Gasteiger partial charge in [-0.1, -0.05) is 30.5 Å². The first-order valence-corrected chi connectivity index (χ1v) is 8.45. The summed E-state index contributed by atoms with van der Waals surface area (Å²) in [4.78, 5) is 2.44. The minimum absolute atomic E-state index is 0. The lowest BCUT2D eigenvalue weighted by atomic mass is 9.88. The standard InChI is InChI=1S/C17H24ClFN2.ClH/c1-12-6-7-14(19)15(16(12)18)17(13-4-2-3-5-13)21-10-8-20-9-11-21;/h6-7,13,17,20H,2-5,8-11H2,1H3;1H/t17-;/m0./s1. The highest BCUT2D eigenvalue weighted by Crippen LogP contribution is 2.43. The summed E-state index contributed by atoms with van der Waals surface area (Å²) in [6.07, 6.45) is 4.91. The van der Waals surface area contributed by atoms with Crippen molar-refractivity contribution in [2.75, 3.05) is 26.2 Å². The molecule has 1 aromatic rings. The molecule has 0 bridgehead atoms. The molecule has 1 aliphatic heterocycles. The van der Waals surface area contributed by atoms with E-state index in [1.807, 2.05) is 6.92 Å². The number of hydrogen-bond donors (Lipinski definition) is 1. The van der Waals surface area contributed by atoms with E-state index in [9.17, 15) is 4.39 Å². The molecule has 5 heteroatoms. The summed E-state index contributed by atoms with van der Waals surface area (Å²) in [5.74, 6) is 0.401. The van der Waals surface area contributed by atoms with Crippen LogP contribution >= 0.6 is 24.0 Å². The molecule has 1 atom stereocenters. The number of piperazine rings is 1. The summed E-state index contributed by atoms with van der Waals surface area (Å²) < 4.78 is 14.6. The number of aryl methyl sites for hydroxylation is 1. The Balaban J connectivity index is 0.00000176. The molecule has 2 nitrogen and oxygen atoms in total. The normalized spacial score (nSPS) is 21.6. The Morgan fingerprint density at radius 1 is 1.23 bits per heavy atom. The van der Waals surface area contributed by atoms with Gasteiger partial charge in [0.15, 0.2) is 0 Å². The Morgan fingerprint density at radius 2 is 1.86 bits per heavy atom. The largest absolute Gasteiger partial charge is 0.314 e. The number of rotatable bonds is 3. The van der Waals surface area contributed by atoms with Gasteiger partial charge in [-0.3, -0.25) is 4.90 Å². The van der Waals surface area contributed by atoms with Gasteiger partial charge in [0.25, 0.3) is 0 Å². The van der Waals surface area contributed by atoms with E-state index in [2.05, 4.69) is 10.2 Å². The van der Waals surface area contributed by atoms with Crippen LogP contribution in [0.15, 0.2) is 12.1 Å². The highest BCUT2D eigenvalue weighted by Gasteiger charge is 2.35. The Bertz CT molecular complexity index is 498. The predicted octanol–water partition coefficient (Wildman–Crippen LogP) is 4.35. The summed E-state index contributed by atoms with van der Waals surface area (Å²) in [6.45, 7) is 5.88. The van der Waals surface area contributed by atoms with Crippen molar-refractivity contribution >= 4 is 24.0 Å². The molecule has 2 fully saturated rings. The lowest BCUT2D eigenvalue weighted by molar-refractivity contribution is 0.122. The van der Waals surface area contributed by atoms with E-state index in [0.29, 0.717) is 10.9 Å². The molecule has 124 valence electrons. The highest BCUT2D eigenvalue weighted by atomic mass is 35.5. The van der Waals surface area contributed by atoms with Gasteiger partial charge in [-0.25, -0.2) is 4.39 Å². The van der Waals surface area contributed by atoms with Crippen LogP contribution in [0.25, 0.3) is 0 Å². The van der Waals surface area contributed by atoms with E-state index in [0.717, 1.165) is 37.3 Å². The number of hydrogen-bond acceptors (Lipinski definition) is 2. The predicted molar refractivity (Wildman–Crippen MR) is 92.5 cm³/mol. The van der Waals surface area contributed by atoms with Gasteiger partial charge in [-0.15, -0.1) is 12.4 Å². The summed E-state index contributed by atoms with van der Waals surface area (Å²) in [5.41, 5.74) is 1.72. The van der Waals surface area contributed by atoms with Gasteiger partial charge in [0.1, 0.15) is 5.82 Å². The number of halogens is 3. The highest BCUT2D eigenvalue weighted by molar-refractivity contribution is 6.32. The van der Waals surface area contributed by atoms with Crippen molar-refractivity contribution in [3.05, 3.63) is 34.1 Å². The van der Waals surface area contributed by atoms with Gasteiger partial charge >= 0.3 is 0 Å². The molecule has 0 spiro atoms. The van der Waals surface area contributed by atoms with Crippen LogP contribution in [0, 0.1) is 18.7 Å². The minimum Gasteiger partial charge on any atom is -0.314 e. The van der Waals surface area contributed by atoms with E-state index in [1.54, 1.807) is 12.1 Å². The summed E-state index contributed by atoms with van der Waals surface area (Å²) in [6, 6.07) is 3.51. The van der Waals surface area contributed by atoms with Crippen molar-refractivity contribution in [2.45, 2.75) is 38.6 Å². The van der Waals surface area contributed by atoms with Crippen LogP contribution in [-0.2, 0) is 0 Å².